The van der Waals surface area contributed by atoms with E-state index in [0.717, 1.165) is 71.2 Å². The zero-order chi connectivity index (χ0) is 29.9. The lowest BCUT2D eigenvalue weighted by Gasteiger charge is -2.13. The molecule has 9 rings (SSSR count). The van der Waals surface area contributed by atoms with Crippen molar-refractivity contribution < 1.29 is 0 Å². The van der Waals surface area contributed by atoms with Crippen LogP contribution in [-0.4, -0.2) is 19.3 Å². The summed E-state index contributed by atoms with van der Waals surface area (Å²) < 4.78 is 5.28. The van der Waals surface area contributed by atoms with Gasteiger partial charge in [-0.15, -0.1) is 0 Å². The lowest BCUT2D eigenvalue weighted by atomic mass is 9.92. The highest BCUT2D eigenvalue weighted by Crippen LogP contribution is 2.47. The molecule has 0 fully saturated rings. The number of nitrogens with zero attached hydrogens (tertiary/aromatic N) is 4. The third kappa shape index (κ3) is 3.98. The fraction of sp³-hybridized carbons (Fsp3) is 0. The maximum atomic E-state index is 5.56. The third-order valence-corrected chi connectivity index (χ3v) is 9.32. The average Bonchev–Trinajstić information content (AvgIpc) is 3.64. The van der Waals surface area contributed by atoms with Crippen LogP contribution in [0.25, 0.3) is 77.5 Å². The molecule has 9 aromatic rings. The molecular weight excluding hydrogens is 616 g/mol. The van der Waals surface area contributed by atoms with Crippen LogP contribution in [0, 0.1) is 0 Å². The molecule has 3 heterocycles. The standard InChI is InChI=1S/C40H25BrN4/c41-33-24-11-9-21-31(33)38-37-35(30-23-13-15-26-14-7-8-20-29(26)30)36-32-22-10-12-25-34(32)44(27-16-3-1-4-17-27)39(36)42-40(37)45(43-38)28-18-5-2-6-19-28/h1-25H. The van der Waals surface area contributed by atoms with Crippen LogP contribution in [0.2, 0.25) is 0 Å². The van der Waals surface area contributed by atoms with Gasteiger partial charge in [-0.1, -0.05) is 131 Å². The fourth-order valence-corrected chi connectivity index (χ4v) is 7.16. The van der Waals surface area contributed by atoms with Crippen LogP contribution in [0.4, 0.5) is 0 Å². The Kier molecular flexibility index (Phi) is 5.93. The van der Waals surface area contributed by atoms with E-state index in [2.05, 4.69) is 148 Å². The highest BCUT2D eigenvalue weighted by atomic mass is 79.9. The molecule has 45 heavy (non-hydrogen) atoms. The molecule has 0 amide bonds. The number of aromatic nitrogens is 4. The Balaban J connectivity index is 1.58. The molecule has 0 radical (unpaired) electrons. The van der Waals surface area contributed by atoms with Gasteiger partial charge in [0.05, 0.1) is 16.6 Å². The van der Waals surface area contributed by atoms with Gasteiger partial charge >= 0.3 is 0 Å². The van der Waals surface area contributed by atoms with Crippen LogP contribution in [-0.2, 0) is 0 Å². The first kappa shape index (κ1) is 25.9. The predicted octanol–water partition coefficient (Wildman–Crippen LogP) is 10.8. The predicted molar refractivity (Wildman–Crippen MR) is 189 cm³/mol. The van der Waals surface area contributed by atoms with E-state index in [1.165, 1.54) is 10.8 Å². The summed E-state index contributed by atoms with van der Waals surface area (Å²) in [5.74, 6) is 0. The van der Waals surface area contributed by atoms with E-state index in [-0.39, 0.29) is 0 Å². The Labute approximate surface area is 267 Å². The summed E-state index contributed by atoms with van der Waals surface area (Å²) >= 11 is 3.86. The van der Waals surface area contributed by atoms with E-state index in [9.17, 15) is 0 Å². The number of benzene rings is 6. The fourth-order valence-electron chi connectivity index (χ4n) is 6.69. The number of rotatable bonds is 4. The van der Waals surface area contributed by atoms with E-state index in [4.69, 9.17) is 10.1 Å². The second-order valence-electron chi connectivity index (χ2n) is 11.2. The maximum absolute atomic E-state index is 5.56. The molecule has 0 N–H and O–H groups in total. The minimum Gasteiger partial charge on any atom is -0.294 e. The summed E-state index contributed by atoms with van der Waals surface area (Å²) in [6, 6.07) is 53.0. The van der Waals surface area contributed by atoms with Gasteiger partial charge < -0.3 is 0 Å². The molecule has 5 heteroatoms. The van der Waals surface area contributed by atoms with Gasteiger partial charge in [0, 0.05) is 32.1 Å². The lowest BCUT2D eigenvalue weighted by Crippen LogP contribution is -2.00. The number of halogens is 1. The summed E-state index contributed by atoms with van der Waals surface area (Å²) in [5, 5.41) is 11.0. The quantitative estimate of drug-likeness (QED) is 0.192. The minimum absolute atomic E-state index is 0.808. The Morgan fingerprint density at radius 2 is 1.11 bits per heavy atom. The summed E-state index contributed by atoms with van der Waals surface area (Å²) in [7, 11) is 0. The molecule has 4 nitrogen and oxygen atoms in total. The SMILES string of the molecule is Brc1ccccc1-c1nn(-c2ccccc2)c2nc3c(c(-c4cccc5ccccc45)c12)c1ccccc1n3-c1ccccc1. The third-order valence-electron chi connectivity index (χ3n) is 8.63. The molecular formula is C40H25BrN4. The number of pyridine rings is 1. The molecule has 0 saturated heterocycles. The van der Waals surface area contributed by atoms with Crippen LogP contribution < -0.4 is 0 Å². The summed E-state index contributed by atoms with van der Waals surface area (Å²) in [6.45, 7) is 0. The largest absolute Gasteiger partial charge is 0.294 e. The topological polar surface area (TPSA) is 35.6 Å². The van der Waals surface area contributed by atoms with Gasteiger partial charge in [-0.3, -0.25) is 4.57 Å². The zero-order valence-corrected chi connectivity index (χ0v) is 25.7. The van der Waals surface area contributed by atoms with Crippen LogP contribution >= 0.6 is 15.9 Å². The van der Waals surface area contributed by atoms with Gasteiger partial charge in [0.1, 0.15) is 11.3 Å². The zero-order valence-electron chi connectivity index (χ0n) is 24.1. The second kappa shape index (κ2) is 10.3. The molecule has 0 aliphatic rings. The van der Waals surface area contributed by atoms with Crippen LogP contribution in [0.15, 0.2) is 156 Å². The molecule has 6 aromatic carbocycles. The van der Waals surface area contributed by atoms with E-state index in [0.29, 0.717) is 0 Å². The van der Waals surface area contributed by atoms with Crippen molar-refractivity contribution in [3.63, 3.8) is 0 Å². The summed E-state index contributed by atoms with van der Waals surface area (Å²) in [4.78, 5) is 5.56. The van der Waals surface area contributed by atoms with Crippen molar-refractivity contribution in [3.8, 4) is 33.8 Å². The van der Waals surface area contributed by atoms with Crippen molar-refractivity contribution in [2.75, 3.05) is 0 Å². The second-order valence-corrected chi connectivity index (χ2v) is 12.0. The first-order valence-corrected chi connectivity index (χ1v) is 15.8. The van der Waals surface area contributed by atoms with Crippen molar-refractivity contribution >= 4 is 59.7 Å². The number of hydrogen-bond acceptors (Lipinski definition) is 2. The first-order valence-electron chi connectivity index (χ1n) is 15.0. The van der Waals surface area contributed by atoms with E-state index in [1.54, 1.807) is 0 Å². The number of para-hydroxylation sites is 3. The van der Waals surface area contributed by atoms with Gasteiger partial charge in [-0.2, -0.15) is 5.10 Å². The molecule has 212 valence electrons. The maximum Gasteiger partial charge on any atom is 0.166 e. The van der Waals surface area contributed by atoms with Gasteiger partial charge in [0.25, 0.3) is 0 Å². The Hall–Kier alpha value is -5.52. The molecule has 0 spiro atoms. The summed E-state index contributed by atoms with van der Waals surface area (Å²) in [6.07, 6.45) is 0. The Morgan fingerprint density at radius 1 is 0.489 bits per heavy atom. The van der Waals surface area contributed by atoms with Gasteiger partial charge in [0.15, 0.2) is 5.65 Å². The van der Waals surface area contributed by atoms with Gasteiger partial charge in [-0.25, -0.2) is 9.67 Å². The van der Waals surface area contributed by atoms with Crippen molar-refractivity contribution in [2.24, 2.45) is 0 Å². The molecule has 0 bridgehead atoms. The highest BCUT2D eigenvalue weighted by molar-refractivity contribution is 9.10. The van der Waals surface area contributed by atoms with E-state index in [1.807, 2.05) is 28.9 Å². The van der Waals surface area contributed by atoms with Crippen LogP contribution in [0.3, 0.4) is 0 Å². The summed E-state index contributed by atoms with van der Waals surface area (Å²) in [5.41, 5.74) is 9.03. The van der Waals surface area contributed by atoms with Crippen molar-refractivity contribution in [1.82, 2.24) is 19.3 Å². The molecule has 3 aromatic heterocycles. The number of fused-ring (bicyclic) bond motifs is 5. The van der Waals surface area contributed by atoms with Crippen molar-refractivity contribution in [3.05, 3.63) is 156 Å². The molecule has 0 aliphatic carbocycles. The Morgan fingerprint density at radius 3 is 1.91 bits per heavy atom. The van der Waals surface area contributed by atoms with Crippen molar-refractivity contribution in [1.29, 1.82) is 0 Å². The normalized spacial score (nSPS) is 11.7. The van der Waals surface area contributed by atoms with Gasteiger partial charge in [0.2, 0.25) is 0 Å². The van der Waals surface area contributed by atoms with Crippen molar-refractivity contribution in [2.45, 2.75) is 0 Å². The molecule has 0 aliphatic heterocycles. The first-order chi connectivity index (χ1) is 22.3. The van der Waals surface area contributed by atoms with Gasteiger partial charge in [-0.05, 0) is 52.7 Å². The number of hydrogen-bond donors (Lipinski definition) is 0. The van der Waals surface area contributed by atoms with Crippen LogP contribution in [0.1, 0.15) is 0 Å². The Bertz CT molecular complexity index is 2540. The lowest BCUT2D eigenvalue weighted by molar-refractivity contribution is 0.901. The molecule has 0 atom stereocenters. The smallest absolute Gasteiger partial charge is 0.166 e. The van der Waals surface area contributed by atoms with Crippen LogP contribution in [0.5, 0.6) is 0 Å². The van der Waals surface area contributed by atoms with E-state index >= 15 is 0 Å². The highest BCUT2D eigenvalue weighted by Gasteiger charge is 2.27. The average molecular weight is 642 g/mol. The minimum atomic E-state index is 0.808. The monoisotopic (exact) mass is 640 g/mol. The molecule has 0 saturated carbocycles. The van der Waals surface area contributed by atoms with E-state index < -0.39 is 0 Å². The molecule has 0 unspecified atom stereocenters.